The van der Waals surface area contributed by atoms with E-state index in [0.717, 1.165) is 44.3 Å². The van der Waals surface area contributed by atoms with E-state index >= 15 is 0 Å². The first-order valence-corrected chi connectivity index (χ1v) is 11.8. The summed E-state index contributed by atoms with van der Waals surface area (Å²) in [6.07, 6.45) is 9.41. The summed E-state index contributed by atoms with van der Waals surface area (Å²) in [5.41, 5.74) is 0.957. The van der Waals surface area contributed by atoms with E-state index in [1.54, 1.807) is 0 Å². The Kier molecular flexibility index (Phi) is 7.48. The quantitative estimate of drug-likeness (QED) is 0.462. The molecule has 0 aromatic carbocycles. The Morgan fingerprint density at radius 1 is 1.19 bits per heavy atom. The van der Waals surface area contributed by atoms with Gasteiger partial charge in [-0.3, -0.25) is 0 Å². The number of fused-ring (bicyclic) bond motifs is 1. The highest BCUT2D eigenvalue weighted by Gasteiger charge is 2.48. The van der Waals surface area contributed by atoms with Crippen LogP contribution in [0.3, 0.4) is 0 Å². The molecule has 0 amide bonds. The van der Waals surface area contributed by atoms with E-state index in [4.69, 9.17) is 0 Å². The molecule has 0 aromatic heterocycles. The summed E-state index contributed by atoms with van der Waals surface area (Å²) >= 11 is 0. The van der Waals surface area contributed by atoms with Crippen molar-refractivity contribution in [3.8, 4) is 0 Å². The van der Waals surface area contributed by atoms with Crippen LogP contribution in [0.1, 0.15) is 72.1 Å². The fourth-order valence-corrected chi connectivity index (χ4v) is 5.87. The van der Waals surface area contributed by atoms with Crippen molar-refractivity contribution in [1.29, 1.82) is 0 Å². The first kappa shape index (κ1) is 25.3. The van der Waals surface area contributed by atoms with E-state index in [1.165, 1.54) is 17.2 Å². The number of halogens is 3. The van der Waals surface area contributed by atoms with Gasteiger partial charge in [-0.25, -0.2) is 0 Å². The van der Waals surface area contributed by atoms with Crippen LogP contribution in [0.25, 0.3) is 0 Å². The summed E-state index contributed by atoms with van der Waals surface area (Å²) in [7, 11) is 0. The van der Waals surface area contributed by atoms with Gasteiger partial charge in [0.05, 0.1) is 12.2 Å². The molecule has 3 aliphatic carbocycles. The molecule has 32 heavy (non-hydrogen) atoms. The van der Waals surface area contributed by atoms with E-state index in [2.05, 4.69) is 32.1 Å². The van der Waals surface area contributed by atoms with E-state index in [-0.39, 0.29) is 11.3 Å². The van der Waals surface area contributed by atoms with Crippen molar-refractivity contribution in [1.82, 2.24) is 0 Å². The van der Waals surface area contributed by atoms with Gasteiger partial charge in [-0.1, -0.05) is 54.9 Å². The third-order valence-corrected chi connectivity index (χ3v) is 7.72. The Morgan fingerprint density at radius 3 is 2.47 bits per heavy atom. The van der Waals surface area contributed by atoms with Crippen molar-refractivity contribution in [2.45, 2.75) is 96.1 Å². The molecule has 3 nitrogen and oxygen atoms in total. The van der Waals surface area contributed by atoms with Crippen molar-refractivity contribution < 1.29 is 28.5 Å². The largest absolute Gasteiger partial charge is 0.420 e. The molecule has 0 saturated heterocycles. The third-order valence-electron chi connectivity index (χ3n) is 7.72. The van der Waals surface area contributed by atoms with E-state index < -0.39 is 24.0 Å². The molecule has 180 valence electrons. The number of hydrogen-bond donors (Lipinski definition) is 3. The van der Waals surface area contributed by atoms with Gasteiger partial charge in [0.25, 0.3) is 0 Å². The predicted molar refractivity (Wildman–Crippen MR) is 120 cm³/mol. The Bertz CT molecular complexity index is 794. The maximum absolute atomic E-state index is 12.9. The van der Waals surface area contributed by atoms with Crippen molar-refractivity contribution >= 4 is 0 Å². The molecule has 3 aliphatic rings. The number of allylic oxidation sites excluding steroid dienone is 6. The summed E-state index contributed by atoms with van der Waals surface area (Å²) in [5, 5.41) is 29.5. The van der Waals surface area contributed by atoms with Gasteiger partial charge < -0.3 is 15.3 Å². The van der Waals surface area contributed by atoms with E-state index in [0.29, 0.717) is 31.6 Å². The van der Waals surface area contributed by atoms with Crippen LogP contribution in [0.4, 0.5) is 13.2 Å². The molecule has 6 heteroatoms. The lowest BCUT2D eigenvalue weighted by Gasteiger charge is -2.42. The first-order valence-electron chi connectivity index (χ1n) is 11.8. The summed E-state index contributed by atoms with van der Waals surface area (Å²) in [6.45, 7) is 5.10. The number of rotatable bonds is 5. The number of aliphatic hydroxyl groups is 3. The lowest BCUT2D eigenvalue weighted by molar-refractivity contribution is -0.232. The van der Waals surface area contributed by atoms with Crippen LogP contribution >= 0.6 is 0 Å². The van der Waals surface area contributed by atoms with Gasteiger partial charge in [-0.05, 0) is 81.6 Å². The highest BCUT2D eigenvalue weighted by molar-refractivity contribution is 5.35. The second kappa shape index (κ2) is 9.47. The molecule has 3 rings (SSSR count). The van der Waals surface area contributed by atoms with Gasteiger partial charge in [0.2, 0.25) is 0 Å². The number of aliphatic hydroxyl groups excluding tert-OH is 2. The molecule has 0 heterocycles. The molecule has 0 radical (unpaired) electrons. The van der Waals surface area contributed by atoms with Crippen molar-refractivity contribution in [3.63, 3.8) is 0 Å². The number of hydrogen-bond acceptors (Lipinski definition) is 3. The fourth-order valence-electron chi connectivity index (χ4n) is 5.87. The second-order valence-electron chi connectivity index (χ2n) is 10.4. The molecule has 3 N–H and O–H groups in total. The maximum Gasteiger partial charge on any atom is 0.420 e. The van der Waals surface area contributed by atoms with Crippen LogP contribution in [-0.2, 0) is 0 Å². The summed E-state index contributed by atoms with van der Waals surface area (Å²) < 4.78 is 38.6. The molecule has 0 bridgehead atoms. The van der Waals surface area contributed by atoms with Crippen LogP contribution in [0.2, 0.25) is 0 Å². The summed E-state index contributed by atoms with van der Waals surface area (Å²) in [5.74, 6) is 0.484. The molecule has 2 saturated carbocycles. The molecule has 0 aromatic rings. The van der Waals surface area contributed by atoms with Gasteiger partial charge in [0.1, 0.15) is 0 Å². The maximum atomic E-state index is 12.9. The van der Waals surface area contributed by atoms with Gasteiger partial charge in [-0.15, -0.1) is 0 Å². The lowest BCUT2D eigenvalue weighted by Crippen LogP contribution is -2.40. The van der Waals surface area contributed by atoms with Gasteiger partial charge in [0.15, 0.2) is 5.60 Å². The van der Waals surface area contributed by atoms with Gasteiger partial charge in [0, 0.05) is 0 Å². The Labute approximate surface area is 189 Å². The van der Waals surface area contributed by atoms with Crippen LogP contribution in [0, 0.1) is 17.3 Å². The smallest absolute Gasteiger partial charge is 0.393 e. The van der Waals surface area contributed by atoms with Crippen molar-refractivity contribution in [3.05, 3.63) is 47.1 Å². The minimum Gasteiger partial charge on any atom is -0.393 e. The third kappa shape index (κ3) is 5.40. The Morgan fingerprint density at radius 2 is 1.84 bits per heavy atom. The van der Waals surface area contributed by atoms with Crippen LogP contribution < -0.4 is 0 Å². The highest BCUT2D eigenvalue weighted by Crippen LogP contribution is 2.57. The molecule has 0 aliphatic heterocycles. The van der Waals surface area contributed by atoms with E-state index in [9.17, 15) is 28.5 Å². The SMILES string of the molecule is C[C@H](C/C=C/C(C)(O)C(F)(F)F)C1=CCC2/C(=C/C=C3C[C@@H](O)C[C@H](O)C3)CCC[C@]12C. The Balaban J connectivity index is 1.70. The first-order chi connectivity index (χ1) is 14.8. The lowest BCUT2D eigenvalue weighted by atomic mass is 9.62. The monoisotopic (exact) mass is 454 g/mol. The molecular formula is C26H37F3O3. The topological polar surface area (TPSA) is 60.7 Å². The predicted octanol–water partition coefficient (Wildman–Crippen LogP) is 5.78. The molecule has 6 atom stereocenters. The second-order valence-corrected chi connectivity index (χ2v) is 10.4. The van der Waals surface area contributed by atoms with Gasteiger partial charge in [-0.2, -0.15) is 13.2 Å². The zero-order chi connectivity index (χ0) is 23.7. The van der Waals surface area contributed by atoms with Crippen LogP contribution in [0.5, 0.6) is 0 Å². The summed E-state index contributed by atoms with van der Waals surface area (Å²) in [4.78, 5) is 0. The highest BCUT2D eigenvalue weighted by atomic mass is 19.4. The van der Waals surface area contributed by atoms with Crippen molar-refractivity contribution in [2.24, 2.45) is 17.3 Å². The zero-order valence-corrected chi connectivity index (χ0v) is 19.3. The van der Waals surface area contributed by atoms with Gasteiger partial charge >= 0.3 is 6.18 Å². The molecule has 0 spiro atoms. The van der Waals surface area contributed by atoms with Crippen LogP contribution in [0.15, 0.2) is 47.1 Å². The minimum atomic E-state index is -4.68. The average molecular weight is 455 g/mol. The molecular weight excluding hydrogens is 417 g/mol. The molecule has 2 fully saturated rings. The summed E-state index contributed by atoms with van der Waals surface area (Å²) in [6, 6.07) is 0. The number of alkyl halides is 3. The zero-order valence-electron chi connectivity index (χ0n) is 19.3. The molecule has 2 unspecified atom stereocenters. The average Bonchev–Trinajstić information content (AvgIpc) is 3.02. The fraction of sp³-hybridized carbons (Fsp3) is 0.692. The standard InChI is InChI=1S/C26H37F3O3/c1-17(6-4-13-25(3,32)26(27,28)29)22-10-11-23-19(7-5-12-24(22,23)2)9-8-18-14-20(30)16-21(31)15-18/h4,8-10,13,17,20-21,23,30-32H,5-7,11-12,14-16H2,1-3H3/b13-4+,19-9+/t17-,20-,21-,23?,24-,25?/m1/s1. The Hall–Kier alpha value is -1.37. The van der Waals surface area contributed by atoms with E-state index in [1.807, 2.05) is 0 Å². The minimum absolute atomic E-state index is 0.00597. The van der Waals surface area contributed by atoms with Crippen molar-refractivity contribution in [2.75, 3.05) is 0 Å². The normalized spacial score (nSPS) is 35.5. The van der Waals surface area contributed by atoms with Crippen LogP contribution in [-0.4, -0.2) is 39.3 Å².